The molecule has 0 aromatic carbocycles. The minimum Gasteiger partial charge on any atom is -0.494 e. The minimum absolute atomic E-state index is 0.125. The van der Waals surface area contributed by atoms with Crippen molar-refractivity contribution in [2.75, 3.05) is 12.4 Å². The topological polar surface area (TPSA) is 108 Å². The molecule has 0 saturated carbocycles. The van der Waals surface area contributed by atoms with Crippen molar-refractivity contribution in [2.24, 2.45) is 5.73 Å². The van der Waals surface area contributed by atoms with Crippen LogP contribution in [0, 0.1) is 6.92 Å². The third-order valence-corrected chi connectivity index (χ3v) is 4.54. The maximum absolute atomic E-state index is 11.3. The van der Waals surface area contributed by atoms with Gasteiger partial charge < -0.3 is 15.8 Å². The fourth-order valence-electron chi connectivity index (χ4n) is 2.63. The van der Waals surface area contributed by atoms with Crippen LogP contribution in [-0.4, -0.2) is 32.8 Å². The first-order valence-electron chi connectivity index (χ1n) is 8.25. The molecule has 0 bridgehead atoms. The summed E-state index contributed by atoms with van der Waals surface area (Å²) in [6.07, 6.45) is 1.49. The highest BCUT2D eigenvalue weighted by Gasteiger charge is 2.14. The number of nitrogens with zero attached hydrogens (tertiary/aromatic N) is 4. The number of nitrogens with two attached hydrogens (primary N) is 1. The van der Waals surface area contributed by atoms with E-state index in [9.17, 15) is 4.79 Å². The van der Waals surface area contributed by atoms with Crippen molar-refractivity contribution in [3.05, 3.63) is 46.3 Å². The van der Waals surface area contributed by atoms with Crippen LogP contribution in [0.5, 0.6) is 5.75 Å². The normalized spacial score (nSPS) is 10.7. The van der Waals surface area contributed by atoms with Crippen molar-refractivity contribution in [3.8, 4) is 17.1 Å². The molecule has 0 aliphatic carbocycles. The van der Waals surface area contributed by atoms with Crippen LogP contribution in [0.25, 0.3) is 11.4 Å². The summed E-state index contributed by atoms with van der Waals surface area (Å²) in [6.45, 7) is 4.73. The molecule has 3 heterocycles. The number of carbonyl (C=O) groups excluding carboxylic acids is 1. The molecule has 0 unspecified atom stereocenters. The first-order chi connectivity index (χ1) is 12.9. The zero-order chi connectivity index (χ0) is 19.6. The highest BCUT2D eigenvalue weighted by molar-refractivity contribution is 9.10. The Balaban J connectivity index is 1.99. The lowest BCUT2D eigenvalue weighted by Crippen LogP contribution is -2.13. The largest absolute Gasteiger partial charge is 0.494 e. The van der Waals surface area contributed by atoms with E-state index >= 15 is 0 Å². The second-order valence-electron chi connectivity index (χ2n) is 5.77. The summed E-state index contributed by atoms with van der Waals surface area (Å²) < 4.78 is 8.01. The monoisotopic (exact) mass is 430 g/mol. The summed E-state index contributed by atoms with van der Waals surface area (Å²) in [5.74, 6) is 0.401. The first kappa shape index (κ1) is 18.8. The lowest BCUT2D eigenvalue weighted by Gasteiger charge is -2.13. The number of carbonyl (C=O) groups is 1. The van der Waals surface area contributed by atoms with Gasteiger partial charge >= 0.3 is 0 Å². The highest BCUT2D eigenvalue weighted by atomic mass is 79.9. The predicted octanol–water partition coefficient (Wildman–Crippen LogP) is 3.28. The number of hydrogen-bond acceptors (Lipinski definition) is 6. The van der Waals surface area contributed by atoms with Gasteiger partial charge in [-0.25, -0.2) is 9.97 Å². The van der Waals surface area contributed by atoms with Crippen LogP contribution in [0.2, 0.25) is 0 Å². The number of ether oxygens (including phenoxy) is 1. The number of primary amides is 1. The SMILES string of the molecule is CCn1nc(C)cc1-c1ccc(Br)c(Nc2cnc(C(N)=O)cc2OC)n1. The van der Waals surface area contributed by atoms with Gasteiger partial charge in [-0.3, -0.25) is 9.48 Å². The number of nitrogens with one attached hydrogen (secondary N) is 1. The van der Waals surface area contributed by atoms with Gasteiger partial charge in [-0.05, 0) is 48.0 Å². The molecule has 8 nitrogen and oxygen atoms in total. The van der Waals surface area contributed by atoms with Gasteiger partial charge in [0.2, 0.25) is 0 Å². The Kier molecular flexibility index (Phi) is 5.41. The van der Waals surface area contributed by atoms with Crippen molar-refractivity contribution in [1.29, 1.82) is 0 Å². The van der Waals surface area contributed by atoms with Crippen LogP contribution in [-0.2, 0) is 6.54 Å². The van der Waals surface area contributed by atoms with Crippen molar-refractivity contribution < 1.29 is 9.53 Å². The third kappa shape index (κ3) is 3.92. The van der Waals surface area contributed by atoms with E-state index in [1.807, 2.05) is 36.7 Å². The number of methoxy groups -OCH3 is 1. The number of rotatable bonds is 6. The van der Waals surface area contributed by atoms with Crippen molar-refractivity contribution in [2.45, 2.75) is 20.4 Å². The van der Waals surface area contributed by atoms with Crippen molar-refractivity contribution in [1.82, 2.24) is 19.7 Å². The van der Waals surface area contributed by atoms with Crippen LogP contribution in [0.3, 0.4) is 0 Å². The van der Waals surface area contributed by atoms with Crippen LogP contribution < -0.4 is 15.8 Å². The van der Waals surface area contributed by atoms with Crippen molar-refractivity contribution in [3.63, 3.8) is 0 Å². The summed E-state index contributed by atoms with van der Waals surface area (Å²) in [7, 11) is 1.51. The van der Waals surface area contributed by atoms with Gasteiger partial charge in [0.25, 0.3) is 5.91 Å². The molecule has 3 N–H and O–H groups in total. The molecule has 0 aliphatic rings. The summed E-state index contributed by atoms with van der Waals surface area (Å²) >= 11 is 3.50. The molecule has 0 saturated heterocycles. The van der Waals surface area contributed by atoms with E-state index in [1.165, 1.54) is 19.4 Å². The van der Waals surface area contributed by atoms with Gasteiger partial charge in [-0.15, -0.1) is 0 Å². The molecule has 0 radical (unpaired) electrons. The summed E-state index contributed by atoms with van der Waals surface area (Å²) in [6, 6.07) is 7.31. The van der Waals surface area contributed by atoms with E-state index in [4.69, 9.17) is 15.5 Å². The zero-order valence-corrected chi connectivity index (χ0v) is 16.7. The number of aryl methyl sites for hydroxylation is 2. The fraction of sp³-hybridized carbons (Fsp3) is 0.222. The Labute approximate surface area is 164 Å². The number of anilines is 2. The predicted molar refractivity (Wildman–Crippen MR) is 106 cm³/mol. The molecule has 0 aliphatic heterocycles. The lowest BCUT2D eigenvalue weighted by molar-refractivity contribution is 0.0995. The van der Waals surface area contributed by atoms with Crippen LogP contribution >= 0.6 is 15.9 Å². The maximum Gasteiger partial charge on any atom is 0.267 e. The number of aromatic nitrogens is 4. The van der Waals surface area contributed by atoms with Gasteiger partial charge in [-0.2, -0.15) is 5.10 Å². The van der Waals surface area contributed by atoms with E-state index < -0.39 is 5.91 Å². The van der Waals surface area contributed by atoms with Crippen LogP contribution in [0.15, 0.2) is 34.9 Å². The molecule has 27 heavy (non-hydrogen) atoms. The fourth-order valence-corrected chi connectivity index (χ4v) is 2.95. The Morgan fingerprint density at radius 1 is 1.37 bits per heavy atom. The molecule has 3 aromatic rings. The maximum atomic E-state index is 11.3. The van der Waals surface area contributed by atoms with Gasteiger partial charge in [0.1, 0.15) is 22.9 Å². The molecule has 140 valence electrons. The zero-order valence-electron chi connectivity index (χ0n) is 15.2. The number of hydrogen-bond donors (Lipinski definition) is 2. The standard InChI is InChI=1S/C18H19BrN6O2/c1-4-25-15(7-10(2)24-25)12-6-5-11(19)18(22-12)23-14-9-21-13(17(20)26)8-16(14)27-3/h5-9H,4H2,1-3H3,(H2,20,26)(H,22,23). The molecule has 1 amide bonds. The summed E-state index contributed by atoms with van der Waals surface area (Å²) in [5.41, 5.74) is 8.60. The second kappa shape index (κ2) is 7.75. The van der Waals surface area contributed by atoms with Gasteiger partial charge in [0, 0.05) is 12.6 Å². The molecule has 0 atom stereocenters. The van der Waals surface area contributed by atoms with Crippen LogP contribution in [0.4, 0.5) is 11.5 Å². The molecular formula is C18H19BrN6O2. The Morgan fingerprint density at radius 2 is 2.15 bits per heavy atom. The Morgan fingerprint density at radius 3 is 2.81 bits per heavy atom. The first-order valence-corrected chi connectivity index (χ1v) is 9.04. The van der Waals surface area contributed by atoms with Gasteiger partial charge in [-0.1, -0.05) is 0 Å². The minimum atomic E-state index is -0.621. The molecule has 0 spiro atoms. The van der Waals surface area contributed by atoms with E-state index in [0.29, 0.717) is 17.3 Å². The average molecular weight is 431 g/mol. The summed E-state index contributed by atoms with van der Waals surface area (Å²) in [4.78, 5) is 20.1. The quantitative estimate of drug-likeness (QED) is 0.620. The lowest BCUT2D eigenvalue weighted by atomic mass is 10.2. The molecule has 3 aromatic heterocycles. The second-order valence-corrected chi connectivity index (χ2v) is 6.63. The molecule has 3 rings (SSSR count). The van der Waals surface area contributed by atoms with E-state index in [2.05, 4.69) is 31.3 Å². The number of halogens is 1. The highest BCUT2D eigenvalue weighted by Crippen LogP contribution is 2.32. The smallest absolute Gasteiger partial charge is 0.267 e. The van der Waals surface area contributed by atoms with E-state index in [0.717, 1.165) is 28.1 Å². The van der Waals surface area contributed by atoms with Gasteiger partial charge in [0.05, 0.1) is 34.9 Å². The molecular weight excluding hydrogens is 412 g/mol. The third-order valence-electron chi connectivity index (χ3n) is 3.90. The van der Waals surface area contributed by atoms with Crippen molar-refractivity contribution >= 4 is 33.3 Å². The number of pyridine rings is 2. The van der Waals surface area contributed by atoms with E-state index in [-0.39, 0.29) is 5.69 Å². The van der Waals surface area contributed by atoms with Crippen LogP contribution in [0.1, 0.15) is 23.1 Å². The Bertz CT molecular complexity index is 1000. The van der Waals surface area contributed by atoms with Gasteiger partial charge in [0.15, 0.2) is 0 Å². The molecule has 0 fully saturated rings. The average Bonchev–Trinajstić information content (AvgIpc) is 3.04. The van der Waals surface area contributed by atoms with E-state index in [1.54, 1.807) is 0 Å². The summed E-state index contributed by atoms with van der Waals surface area (Å²) in [5, 5.41) is 7.65. The molecule has 9 heteroatoms. The Hall–Kier alpha value is -2.94. The number of amides is 1.